The Hall–Kier alpha value is -8.58. The fraction of sp³-hybridized carbons (Fsp3) is 0.0323. The summed E-state index contributed by atoms with van der Waals surface area (Å²) in [7, 11) is 0. The highest BCUT2D eigenvalue weighted by Crippen LogP contribution is 2.46. The highest BCUT2D eigenvalue weighted by molar-refractivity contribution is 7.26. The molecule has 12 aromatic rings. The number of benzene rings is 8. The average Bonchev–Trinajstić information content (AvgIpc) is 3.97. The molecule has 0 bridgehead atoms. The maximum Gasteiger partial charge on any atom is 0.166 e. The number of rotatable bonds is 8. The van der Waals surface area contributed by atoms with Gasteiger partial charge in [0.05, 0.1) is 16.7 Å². The van der Waals surface area contributed by atoms with Crippen molar-refractivity contribution in [1.82, 2.24) is 24.5 Å². The van der Waals surface area contributed by atoms with E-state index in [1.54, 1.807) is 0 Å². The van der Waals surface area contributed by atoms with Crippen LogP contribution in [-0.4, -0.2) is 24.5 Å². The predicted molar refractivity (Wildman–Crippen MR) is 283 cm³/mol. The summed E-state index contributed by atoms with van der Waals surface area (Å²) in [6.45, 7) is 0. The Morgan fingerprint density at radius 2 is 1.13 bits per heavy atom. The Balaban J connectivity index is 1.06. The third-order valence-corrected chi connectivity index (χ3v) is 14.4. The van der Waals surface area contributed by atoms with Gasteiger partial charge in [0, 0.05) is 76.6 Å². The van der Waals surface area contributed by atoms with Gasteiger partial charge in [-0.1, -0.05) is 182 Å². The highest BCUT2D eigenvalue weighted by Gasteiger charge is 2.24. The van der Waals surface area contributed by atoms with E-state index in [0.717, 1.165) is 62.3 Å². The first-order chi connectivity index (χ1) is 33.7. The minimum Gasteiger partial charge on any atom is -0.309 e. The summed E-state index contributed by atoms with van der Waals surface area (Å²) in [6, 6.07) is 70.9. The van der Waals surface area contributed by atoms with Crippen LogP contribution < -0.4 is 0 Å². The van der Waals surface area contributed by atoms with E-state index in [-0.39, 0.29) is 5.92 Å². The molecule has 13 rings (SSSR count). The van der Waals surface area contributed by atoms with Crippen LogP contribution in [0.15, 0.2) is 231 Å². The summed E-state index contributed by atoms with van der Waals surface area (Å²) in [5.41, 5.74) is 13.7. The fourth-order valence-electron chi connectivity index (χ4n) is 10.1. The Labute approximate surface area is 397 Å². The van der Waals surface area contributed by atoms with Crippen molar-refractivity contribution < 1.29 is 0 Å². The number of nitrogens with zero attached hydrogens (tertiary/aromatic N) is 5. The van der Waals surface area contributed by atoms with Gasteiger partial charge in [-0.15, -0.1) is 11.3 Å². The second-order valence-corrected chi connectivity index (χ2v) is 18.4. The second kappa shape index (κ2) is 16.7. The first-order valence-corrected chi connectivity index (χ1v) is 23.9. The van der Waals surface area contributed by atoms with Crippen LogP contribution in [0.4, 0.5) is 0 Å². The lowest BCUT2D eigenvalue weighted by molar-refractivity contribution is 0.856. The molecule has 0 spiro atoms. The number of pyridine rings is 1. The van der Waals surface area contributed by atoms with E-state index in [0.29, 0.717) is 17.5 Å². The minimum atomic E-state index is 0.205. The molecule has 0 fully saturated rings. The number of thiophene rings is 1. The van der Waals surface area contributed by atoms with Crippen LogP contribution in [0.2, 0.25) is 0 Å². The number of fused-ring (bicyclic) bond motifs is 7. The summed E-state index contributed by atoms with van der Waals surface area (Å²) in [6.07, 6.45) is 11.9. The summed E-state index contributed by atoms with van der Waals surface area (Å²) >= 11 is 1.83. The molecule has 6 heteroatoms. The van der Waals surface area contributed by atoms with Crippen molar-refractivity contribution in [1.29, 1.82) is 0 Å². The van der Waals surface area contributed by atoms with Gasteiger partial charge in [-0.25, -0.2) is 15.0 Å². The van der Waals surface area contributed by atoms with E-state index in [1.807, 2.05) is 47.7 Å². The third-order valence-electron chi connectivity index (χ3n) is 13.2. The molecule has 0 saturated heterocycles. The van der Waals surface area contributed by atoms with Crippen LogP contribution >= 0.6 is 11.3 Å². The standard InChI is InChI=1S/C62H41N5S/c1-6-19-40(20-7-1)47-30-18-31-48(41-21-8-2-9-22-41)56(47)45-37-51(62-65-60(42-23-10-3-11-24-42)64-61(66-62)43-25-12-4-13-26-43)59(63-39-45)44-33-34-50-55(38-44)68-54-36-35-53-57(58(50)54)49-29-16-17-32-52(49)67(53)46-27-14-5-15-28-46/h1-21,23-39,41H,22H2. The van der Waals surface area contributed by atoms with Gasteiger partial charge in [-0.3, -0.25) is 4.98 Å². The number of hydrogen-bond donors (Lipinski definition) is 0. The largest absolute Gasteiger partial charge is 0.309 e. The van der Waals surface area contributed by atoms with Gasteiger partial charge < -0.3 is 4.57 Å². The number of allylic oxidation sites excluding steroid dienone is 4. The minimum absolute atomic E-state index is 0.205. The van der Waals surface area contributed by atoms with Crippen LogP contribution in [0, 0.1) is 0 Å². The molecular formula is C62H41N5S. The zero-order chi connectivity index (χ0) is 45.0. The van der Waals surface area contributed by atoms with Gasteiger partial charge in [0.1, 0.15) is 0 Å². The lowest BCUT2D eigenvalue weighted by atomic mass is 9.82. The number of para-hydroxylation sites is 2. The quantitative estimate of drug-likeness (QED) is 0.153. The van der Waals surface area contributed by atoms with Crippen LogP contribution in [0.5, 0.6) is 0 Å². The lowest BCUT2D eigenvalue weighted by Gasteiger charge is -2.22. The molecule has 1 aliphatic rings. The van der Waals surface area contributed by atoms with Gasteiger partial charge in [-0.2, -0.15) is 0 Å². The van der Waals surface area contributed by atoms with Crippen molar-refractivity contribution in [3.8, 4) is 73.4 Å². The highest BCUT2D eigenvalue weighted by atomic mass is 32.1. The number of aromatic nitrogens is 5. The van der Waals surface area contributed by atoms with Crippen molar-refractivity contribution in [3.63, 3.8) is 0 Å². The van der Waals surface area contributed by atoms with Crippen molar-refractivity contribution in [2.75, 3.05) is 0 Å². The molecule has 4 aromatic heterocycles. The average molecular weight is 888 g/mol. The zero-order valence-corrected chi connectivity index (χ0v) is 37.7. The molecule has 320 valence electrons. The Bertz CT molecular complexity index is 3870. The normalized spacial score (nSPS) is 13.6. The van der Waals surface area contributed by atoms with E-state index in [1.165, 1.54) is 47.5 Å². The molecule has 0 saturated carbocycles. The van der Waals surface area contributed by atoms with E-state index in [9.17, 15) is 0 Å². The molecule has 4 heterocycles. The topological polar surface area (TPSA) is 56.5 Å². The Kier molecular flexibility index (Phi) is 9.76. The van der Waals surface area contributed by atoms with Gasteiger partial charge in [0.25, 0.3) is 0 Å². The van der Waals surface area contributed by atoms with Gasteiger partial charge in [0.2, 0.25) is 0 Å². The van der Waals surface area contributed by atoms with E-state index < -0.39 is 0 Å². The smallest absolute Gasteiger partial charge is 0.166 e. The third kappa shape index (κ3) is 6.84. The first kappa shape index (κ1) is 39.8. The van der Waals surface area contributed by atoms with E-state index in [4.69, 9.17) is 19.9 Å². The van der Waals surface area contributed by atoms with Crippen molar-refractivity contribution >= 4 is 53.3 Å². The molecule has 0 aliphatic heterocycles. The molecule has 0 radical (unpaired) electrons. The van der Waals surface area contributed by atoms with E-state index in [2.05, 4.69) is 199 Å². The van der Waals surface area contributed by atoms with Crippen molar-refractivity contribution in [2.24, 2.45) is 0 Å². The summed E-state index contributed by atoms with van der Waals surface area (Å²) in [5.74, 6) is 1.98. The van der Waals surface area contributed by atoms with Crippen LogP contribution in [0.3, 0.4) is 0 Å². The first-order valence-electron chi connectivity index (χ1n) is 23.1. The predicted octanol–water partition coefficient (Wildman–Crippen LogP) is 16.3. The SMILES string of the molecule is C1=CCC(c2cccc(-c3ccccc3)c2-c2cnc(-c3ccc4c(c3)sc3ccc5c(c6ccccc6n5-c5ccccc5)c34)c(-c3nc(-c4ccccc4)nc(-c4ccccc4)n3)c2)C=C1. The second-order valence-electron chi connectivity index (χ2n) is 17.3. The number of hydrogen-bond acceptors (Lipinski definition) is 5. The zero-order valence-electron chi connectivity index (χ0n) is 36.9. The maximum absolute atomic E-state index is 5.48. The van der Waals surface area contributed by atoms with Gasteiger partial charge >= 0.3 is 0 Å². The maximum atomic E-state index is 5.48. The van der Waals surface area contributed by atoms with Crippen LogP contribution in [-0.2, 0) is 0 Å². The summed E-state index contributed by atoms with van der Waals surface area (Å²) < 4.78 is 4.83. The van der Waals surface area contributed by atoms with Crippen LogP contribution in [0.1, 0.15) is 17.9 Å². The fourth-order valence-corrected chi connectivity index (χ4v) is 11.3. The van der Waals surface area contributed by atoms with Crippen molar-refractivity contribution in [3.05, 3.63) is 236 Å². The Morgan fingerprint density at radius 1 is 0.456 bits per heavy atom. The van der Waals surface area contributed by atoms with Gasteiger partial charge in [-0.05, 0) is 71.1 Å². The van der Waals surface area contributed by atoms with E-state index >= 15 is 0 Å². The monoisotopic (exact) mass is 887 g/mol. The van der Waals surface area contributed by atoms with Crippen LogP contribution in [0.25, 0.3) is 115 Å². The lowest BCUT2D eigenvalue weighted by Crippen LogP contribution is -2.04. The van der Waals surface area contributed by atoms with Gasteiger partial charge in [0.15, 0.2) is 17.5 Å². The molecule has 1 aliphatic carbocycles. The molecule has 5 nitrogen and oxygen atoms in total. The molecule has 0 amide bonds. The summed E-state index contributed by atoms with van der Waals surface area (Å²) in [4.78, 5) is 21.2. The molecule has 68 heavy (non-hydrogen) atoms. The molecule has 1 unspecified atom stereocenters. The molecule has 0 N–H and O–H groups in total. The molecule has 1 atom stereocenters. The van der Waals surface area contributed by atoms with Crippen molar-refractivity contribution in [2.45, 2.75) is 12.3 Å². The molecule has 8 aromatic carbocycles. The Morgan fingerprint density at radius 3 is 1.85 bits per heavy atom. The molecular weight excluding hydrogens is 847 g/mol. The summed E-state index contributed by atoms with van der Waals surface area (Å²) in [5, 5.41) is 5.01.